The molecule has 11 heteroatoms. The zero-order valence-electron chi connectivity index (χ0n) is 24.4. The standard InChI is InChI=1S/C33H29Br2ClN2O5S/c1-5-41-32(40)28-19(4)37-33-38(29(28)24-11-6-7-12-26(24)43-18(2)3)31(39)27(44-33)15-21-14-22(34)16-25(35)30(21)42-17-20-9-8-10-23(36)13-20/h6-16,18,29H,5,17H2,1-4H3/b27-15-/t29-/m0/s1. The van der Waals surface area contributed by atoms with Crippen LogP contribution in [0.25, 0.3) is 6.08 Å². The Bertz CT molecular complexity index is 1950. The Morgan fingerprint density at radius 2 is 1.91 bits per heavy atom. The Balaban J connectivity index is 1.68. The van der Waals surface area contributed by atoms with Gasteiger partial charge in [-0.2, -0.15) is 0 Å². The van der Waals surface area contributed by atoms with E-state index in [2.05, 4.69) is 31.9 Å². The van der Waals surface area contributed by atoms with E-state index < -0.39 is 12.0 Å². The van der Waals surface area contributed by atoms with Crippen LogP contribution in [0.2, 0.25) is 5.02 Å². The summed E-state index contributed by atoms with van der Waals surface area (Å²) in [6.45, 7) is 7.82. The lowest BCUT2D eigenvalue weighted by molar-refractivity contribution is -0.139. The zero-order valence-corrected chi connectivity index (χ0v) is 29.1. The summed E-state index contributed by atoms with van der Waals surface area (Å²) in [6, 6.07) is 17.8. The van der Waals surface area contributed by atoms with Gasteiger partial charge in [-0.15, -0.1) is 0 Å². The van der Waals surface area contributed by atoms with Crippen molar-refractivity contribution < 1.29 is 19.0 Å². The first kappa shape index (κ1) is 32.2. The van der Waals surface area contributed by atoms with E-state index in [1.54, 1.807) is 30.6 Å². The lowest BCUT2D eigenvalue weighted by atomic mass is 9.95. The molecule has 2 heterocycles. The zero-order chi connectivity index (χ0) is 31.5. The molecule has 0 aliphatic carbocycles. The summed E-state index contributed by atoms with van der Waals surface area (Å²) in [7, 11) is 0. The summed E-state index contributed by atoms with van der Waals surface area (Å²) in [5.74, 6) is 0.612. The number of halogens is 3. The van der Waals surface area contributed by atoms with Crippen LogP contribution in [0.4, 0.5) is 0 Å². The third kappa shape index (κ3) is 6.88. The molecule has 1 aliphatic rings. The van der Waals surface area contributed by atoms with Gasteiger partial charge in [0.1, 0.15) is 24.1 Å². The molecule has 3 aromatic carbocycles. The van der Waals surface area contributed by atoms with Crippen LogP contribution >= 0.6 is 54.8 Å². The van der Waals surface area contributed by atoms with Crippen LogP contribution in [0.3, 0.4) is 0 Å². The number of rotatable bonds is 9. The topological polar surface area (TPSA) is 79.1 Å². The number of aromatic nitrogens is 1. The van der Waals surface area contributed by atoms with Crippen LogP contribution in [0.1, 0.15) is 50.4 Å². The summed E-state index contributed by atoms with van der Waals surface area (Å²) < 4.78 is 21.3. The van der Waals surface area contributed by atoms with E-state index in [-0.39, 0.29) is 24.9 Å². The minimum atomic E-state index is -0.796. The first-order chi connectivity index (χ1) is 21.1. The highest BCUT2D eigenvalue weighted by Gasteiger charge is 2.35. The molecule has 228 valence electrons. The fourth-order valence-electron chi connectivity index (χ4n) is 4.92. The largest absolute Gasteiger partial charge is 0.491 e. The van der Waals surface area contributed by atoms with Crippen LogP contribution < -0.4 is 24.4 Å². The number of benzene rings is 3. The van der Waals surface area contributed by atoms with E-state index >= 15 is 0 Å². The monoisotopic (exact) mass is 758 g/mol. The fraction of sp³-hybridized carbons (Fsp3) is 0.242. The number of esters is 1. The molecule has 0 saturated carbocycles. The molecule has 0 fully saturated rings. The van der Waals surface area contributed by atoms with E-state index in [1.165, 1.54) is 11.3 Å². The molecule has 0 N–H and O–H groups in total. The number of thiazole rings is 1. The van der Waals surface area contributed by atoms with Gasteiger partial charge < -0.3 is 14.2 Å². The maximum Gasteiger partial charge on any atom is 0.338 e. The molecule has 7 nitrogen and oxygen atoms in total. The number of hydrogen-bond acceptors (Lipinski definition) is 7. The Labute approximate surface area is 280 Å². The van der Waals surface area contributed by atoms with Gasteiger partial charge in [-0.25, -0.2) is 9.79 Å². The Morgan fingerprint density at radius 3 is 2.64 bits per heavy atom. The Morgan fingerprint density at radius 1 is 1.14 bits per heavy atom. The molecule has 5 rings (SSSR count). The molecule has 0 radical (unpaired) electrons. The number of para-hydroxylation sites is 1. The molecule has 1 aliphatic heterocycles. The number of ether oxygens (including phenoxy) is 3. The second-order valence-electron chi connectivity index (χ2n) is 10.2. The van der Waals surface area contributed by atoms with Crippen molar-refractivity contribution in [1.82, 2.24) is 4.57 Å². The van der Waals surface area contributed by atoms with Gasteiger partial charge >= 0.3 is 5.97 Å². The minimum Gasteiger partial charge on any atom is -0.491 e. The van der Waals surface area contributed by atoms with Crippen molar-refractivity contribution in [1.29, 1.82) is 0 Å². The second-order valence-corrected chi connectivity index (χ2v) is 13.4. The van der Waals surface area contributed by atoms with Crippen LogP contribution in [-0.4, -0.2) is 23.2 Å². The summed E-state index contributed by atoms with van der Waals surface area (Å²) in [5, 5.41) is 0.620. The third-order valence-electron chi connectivity index (χ3n) is 6.69. The number of hydrogen-bond donors (Lipinski definition) is 0. The third-order valence-corrected chi connectivity index (χ3v) is 8.95. The first-order valence-corrected chi connectivity index (χ1v) is 16.7. The summed E-state index contributed by atoms with van der Waals surface area (Å²) in [4.78, 5) is 32.8. The predicted molar refractivity (Wildman–Crippen MR) is 180 cm³/mol. The summed E-state index contributed by atoms with van der Waals surface area (Å²) >= 11 is 14.6. The number of allylic oxidation sites excluding steroid dienone is 1. The van der Waals surface area contributed by atoms with Crippen LogP contribution in [0.15, 0.2) is 90.7 Å². The molecule has 0 saturated heterocycles. The van der Waals surface area contributed by atoms with Crippen molar-refractivity contribution >= 4 is 66.8 Å². The molecular weight excluding hydrogens is 732 g/mol. The second kappa shape index (κ2) is 13.9. The summed E-state index contributed by atoms with van der Waals surface area (Å²) in [5.41, 5.74) is 2.73. The van der Waals surface area contributed by atoms with Crippen molar-refractivity contribution in [2.75, 3.05) is 6.61 Å². The van der Waals surface area contributed by atoms with Gasteiger partial charge in [0, 0.05) is 20.6 Å². The van der Waals surface area contributed by atoms with E-state index in [9.17, 15) is 9.59 Å². The van der Waals surface area contributed by atoms with E-state index in [1.807, 2.05) is 68.4 Å². The molecule has 44 heavy (non-hydrogen) atoms. The number of nitrogens with zero attached hydrogens (tertiary/aromatic N) is 2. The average Bonchev–Trinajstić information content (AvgIpc) is 3.26. The van der Waals surface area contributed by atoms with Gasteiger partial charge in [0.2, 0.25) is 0 Å². The van der Waals surface area contributed by atoms with Gasteiger partial charge in [-0.05, 0) is 85.6 Å². The minimum absolute atomic E-state index is 0.122. The molecule has 0 bridgehead atoms. The Hall–Kier alpha value is -3.18. The number of fused-ring (bicyclic) bond motifs is 1. The quantitative estimate of drug-likeness (QED) is 0.167. The van der Waals surface area contributed by atoms with Crippen molar-refractivity contribution in [3.05, 3.63) is 122 Å². The molecular formula is C33H29Br2ClN2O5S. The van der Waals surface area contributed by atoms with Gasteiger partial charge in [0.05, 0.1) is 33.0 Å². The van der Waals surface area contributed by atoms with Crippen LogP contribution in [-0.2, 0) is 16.1 Å². The highest BCUT2D eigenvalue weighted by atomic mass is 79.9. The molecule has 0 unspecified atom stereocenters. The van der Waals surface area contributed by atoms with Gasteiger partial charge in [-0.1, -0.05) is 69.2 Å². The van der Waals surface area contributed by atoms with Crippen molar-refractivity contribution in [3.63, 3.8) is 0 Å². The SMILES string of the molecule is CCOC(=O)C1=C(C)N=c2s/c(=C\c3cc(Br)cc(Br)c3OCc3cccc(Cl)c3)c(=O)n2[C@H]1c1ccccc1OC(C)C. The fourth-order valence-corrected chi connectivity index (χ4v) is 7.54. The number of carbonyl (C=O) groups excluding carboxylic acids is 1. The molecule has 4 aromatic rings. The molecule has 0 spiro atoms. The maximum absolute atomic E-state index is 14.3. The smallest absolute Gasteiger partial charge is 0.338 e. The van der Waals surface area contributed by atoms with Crippen molar-refractivity contribution in [3.8, 4) is 11.5 Å². The van der Waals surface area contributed by atoms with Gasteiger partial charge in [0.15, 0.2) is 4.80 Å². The highest BCUT2D eigenvalue weighted by molar-refractivity contribution is 9.11. The van der Waals surface area contributed by atoms with E-state index in [4.69, 9.17) is 30.8 Å². The number of carbonyl (C=O) groups is 1. The van der Waals surface area contributed by atoms with Gasteiger partial charge in [-0.3, -0.25) is 9.36 Å². The van der Waals surface area contributed by atoms with Crippen molar-refractivity contribution in [2.45, 2.75) is 46.4 Å². The Kier molecular flexibility index (Phi) is 10.1. The van der Waals surface area contributed by atoms with Gasteiger partial charge in [0.25, 0.3) is 5.56 Å². The van der Waals surface area contributed by atoms with Crippen LogP contribution in [0, 0.1) is 0 Å². The average molecular weight is 761 g/mol. The summed E-state index contributed by atoms with van der Waals surface area (Å²) in [6.07, 6.45) is 1.66. The molecule has 1 aromatic heterocycles. The highest BCUT2D eigenvalue weighted by Crippen LogP contribution is 2.37. The lowest BCUT2D eigenvalue weighted by Crippen LogP contribution is -2.40. The van der Waals surface area contributed by atoms with Crippen LogP contribution in [0.5, 0.6) is 11.5 Å². The van der Waals surface area contributed by atoms with Crippen molar-refractivity contribution in [2.24, 2.45) is 4.99 Å². The molecule has 0 amide bonds. The normalized spacial score (nSPS) is 14.8. The first-order valence-electron chi connectivity index (χ1n) is 13.9. The van der Waals surface area contributed by atoms with E-state index in [0.717, 1.165) is 10.0 Å². The predicted octanol–water partition coefficient (Wildman–Crippen LogP) is 7.34. The molecule has 1 atom stereocenters. The lowest BCUT2D eigenvalue weighted by Gasteiger charge is -2.26. The van der Waals surface area contributed by atoms with E-state index in [0.29, 0.717) is 52.7 Å². The maximum atomic E-state index is 14.3.